The molecule has 0 N–H and O–H groups in total. The Morgan fingerprint density at radius 1 is 0.237 bits per heavy atom. The smallest absolute Gasteiger partial charge is 0.0786 e. The predicted molar refractivity (Wildman–Crippen MR) is 172 cm³/mol. The van der Waals surface area contributed by atoms with Crippen LogP contribution >= 0.6 is 0 Å². The monoisotopic (exact) mass is 650 g/mol. The Balaban J connectivity index is 0. The van der Waals surface area contributed by atoms with Gasteiger partial charge in [-0.1, -0.05) is 156 Å². The van der Waals surface area contributed by atoms with Crippen molar-refractivity contribution in [3.8, 4) is 0 Å². The summed E-state index contributed by atoms with van der Waals surface area (Å²) in [6.07, 6.45) is 40.8. The minimum Gasteiger partial charge on any atom is -1.00 e. The van der Waals surface area contributed by atoms with Crippen molar-refractivity contribution in [3.05, 3.63) is 0 Å². The first-order valence-electron chi connectivity index (χ1n) is 18.1. The largest absolute Gasteiger partial charge is 1.00 e. The molecule has 1 nitrogen and oxygen atoms in total. The standard InChI is InChI=1S/C36H76N.HI/c1-5-9-13-17-19-21-23-25-27-31-35-37(33-29-15-11-7-3,34-30-16-12-8-4)36-32-28-26-24-22-20-18-14-10-6-2;/h5-36H2,1-4H3;1H/q+1;/p-1. The number of hydrogen-bond donors (Lipinski definition) is 0. The Hall–Kier alpha value is 0.690. The molecule has 0 amide bonds. The van der Waals surface area contributed by atoms with Gasteiger partial charge in [-0.2, -0.15) is 0 Å². The van der Waals surface area contributed by atoms with Crippen LogP contribution in [0.15, 0.2) is 0 Å². The van der Waals surface area contributed by atoms with Crippen LogP contribution in [-0.2, 0) is 0 Å². The fourth-order valence-corrected chi connectivity index (χ4v) is 6.29. The molecular formula is C36H76IN. The van der Waals surface area contributed by atoms with Crippen LogP contribution in [0, 0.1) is 0 Å². The molecule has 0 aromatic heterocycles. The molecule has 0 saturated heterocycles. The maximum atomic E-state index is 2.36. The lowest BCUT2D eigenvalue weighted by Gasteiger charge is -2.39. The van der Waals surface area contributed by atoms with Crippen molar-refractivity contribution in [2.24, 2.45) is 0 Å². The zero-order chi connectivity index (χ0) is 27.1. The second-order valence-electron chi connectivity index (χ2n) is 12.7. The molecule has 0 aromatic carbocycles. The summed E-state index contributed by atoms with van der Waals surface area (Å²) in [7, 11) is 0. The van der Waals surface area contributed by atoms with Crippen LogP contribution in [-0.4, -0.2) is 30.7 Å². The molecule has 0 bridgehead atoms. The van der Waals surface area contributed by atoms with E-state index in [9.17, 15) is 0 Å². The molecule has 0 aromatic rings. The van der Waals surface area contributed by atoms with Crippen LogP contribution in [0.1, 0.15) is 207 Å². The third-order valence-electron chi connectivity index (χ3n) is 8.94. The summed E-state index contributed by atoms with van der Waals surface area (Å²) in [6, 6.07) is 0. The fraction of sp³-hybridized carbons (Fsp3) is 1.00. The van der Waals surface area contributed by atoms with Gasteiger partial charge < -0.3 is 28.5 Å². The van der Waals surface area contributed by atoms with Crippen LogP contribution in [0.3, 0.4) is 0 Å². The zero-order valence-corrected chi connectivity index (χ0v) is 29.6. The Kier molecular flexibility index (Phi) is 36.4. The van der Waals surface area contributed by atoms with Gasteiger partial charge >= 0.3 is 0 Å². The first-order valence-corrected chi connectivity index (χ1v) is 18.1. The minimum atomic E-state index is 0. The van der Waals surface area contributed by atoms with Gasteiger partial charge in [0.1, 0.15) is 0 Å². The summed E-state index contributed by atoms with van der Waals surface area (Å²) in [5.41, 5.74) is 0. The summed E-state index contributed by atoms with van der Waals surface area (Å²) in [5.74, 6) is 0. The van der Waals surface area contributed by atoms with E-state index in [1.54, 1.807) is 0 Å². The molecule has 2 heteroatoms. The normalized spacial score (nSPS) is 11.7. The molecule has 0 aliphatic carbocycles. The number of nitrogens with zero attached hydrogens (tertiary/aromatic N) is 1. The van der Waals surface area contributed by atoms with Crippen molar-refractivity contribution < 1.29 is 28.5 Å². The van der Waals surface area contributed by atoms with Crippen LogP contribution in [0.2, 0.25) is 0 Å². The first-order chi connectivity index (χ1) is 18.2. The van der Waals surface area contributed by atoms with Gasteiger partial charge in [-0.3, -0.25) is 0 Å². The summed E-state index contributed by atoms with van der Waals surface area (Å²) in [6.45, 7) is 15.3. The molecule has 0 heterocycles. The van der Waals surface area contributed by atoms with Gasteiger partial charge in [-0.25, -0.2) is 0 Å². The Bertz CT molecular complexity index is 372. The van der Waals surface area contributed by atoms with E-state index >= 15 is 0 Å². The number of hydrogen-bond acceptors (Lipinski definition) is 0. The molecule has 0 unspecified atom stereocenters. The summed E-state index contributed by atoms with van der Waals surface area (Å²) >= 11 is 0. The van der Waals surface area contributed by atoms with E-state index in [0.29, 0.717) is 0 Å². The summed E-state index contributed by atoms with van der Waals surface area (Å²) in [4.78, 5) is 0. The lowest BCUT2D eigenvalue weighted by atomic mass is 10.0. The van der Waals surface area contributed by atoms with Gasteiger partial charge in [0.05, 0.1) is 26.2 Å². The van der Waals surface area contributed by atoms with E-state index in [1.165, 1.54) is 210 Å². The van der Waals surface area contributed by atoms with Gasteiger partial charge in [0.2, 0.25) is 0 Å². The average Bonchev–Trinajstić information content (AvgIpc) is 2.91. The number of quaternary nitrogens is 1. The van der Waals surface area contributed by atoms with Crippen molar-refractivity contribution in [1.82, 2.24) is 0 Å². The lowest BCUT2D eigenvalue weighted by Crippen LogP contribution is -3.00. The Morgan fingerprint density at radius 3 is 0.605 bits per heavy atom. The molecule has 0 spiro atoms. The summed E-state index contributed by atoms with van der Waals surface area (Å²) < 4.78 is 1.47. The van der Waals surface area contributed by atoms with E-state index in [0.717, 1.165) is 0 Å². The Morgan fingerprint density at radius 2 is 0.395 bits per heavy atom. The van der Waals surface area contributed by atoms with Crippen molar-refractivity contribution in [1.29, 1.82) is 0 Å². The van der Waals surface area contributed by atoms with Gasteiger partial charge in [-0.15, -0.1) is 0 Å². The highest BCUT2D eigenvalue weighted by Gasteiger charge is 2.25. The highest BCUT2D eigenvalue weighted by atomic mass is 127. The van der Waals surface area contributed by atoms with Crippen LogP contribution in [0.25, 0.3) is 0 Å². The zero-order valence-electron chi connectivity index (χ0n) is 27.5. The topological polar surface area (TPSA) is 0 Å². The molecule has 0 atom stereocenters. The minimum absolute atomic E-state index is 0. The third kappa shape index (κ3) is 28.2. The predicted octanol–water partition coefficient (Wildman–Crippen LogP) is 9.81. The van der Waals surface area contributed by atoms with Crippen LogP contribution in [0.5, 0.6) is 0 Å². The maximum Gasteiger partial charge on any atom is 0.0786 e. The van der Waals surface area contributed by atoms with Crippen molar-refractivity contribution >= 4 is 0 Å². The second-order valence-corrected chi connectivity index (χ2v) is 12.7. The van der Waals surface area contributed by atoms with Gasteiger partial charge in [0, 0.05) is 0 Å². The van der Waals surface area contributed by atoms with E-state index in [1.807, 2.05) is 0 Å². The summed E-state index contributed by atoms with van der Waals surface area (Å²) in [5, 5.41) is 0. The van der Waals surface area contributed by atoms with Gasteiger partial charge in [0.25, 0.3) is 0 Å². The number of rotatable bonds is 32. The highest BCUT2D eigenvalue weighted by Crippen LogP contribution is 2.20. The van der Waals surface area contributed by atoms with Crippen molar-refractivity contribution in [3.63, 3.8) is 0 Å². The molecular weight excluding hydrogens is 573 g/mol. The Labute approximate surface area is 261 Å². The molecule has 0 rings (SSSR count). The van der Waals surface area contributed by atoms with Crippen molar-refractivity contribution in [2.45, 2.75) is 207 Å². The number of unbranched alkanes of at least 4 members (excludes halogenated alkanes) is 24. The number of halogens is 1. The quantitative estimate of drug-likeness (QED) is 0.0387. The third-order valence-corrected chi connectivity index (χ3v) is 8.94. The van der Waals surface area contributed by atoms with Crippen LogP contribution in [0.4, 0.5) is 0 Å². The molecule has 38 heavy (non-hydrogen) atoms. The van der Waals surface area contributed by atoms with E-state index in [-0.39, 0.29) is 24.0 Å². The van der Waals surface area contributed by atoms with Gasteiger partial charge in [0.15, 0.2) is 0 Å². The SMILES string of the molecule is CCCCCCCCCCCC[N+](CCCCCC)(CCCCCC)CCCCCCCCCCCC.[I-]. The molecule has 0 radical (unpaired) electrons. The highest BCUT2D eigenvalue weighted by molar-refractivity contribution is 4.55. The van der Waals surface area contributed by atoms with E-state index in [2.05, 4.69) is 27.7 Å². The maximum absolute atomic E-state index is 2.36. The molecule has 0 aliphatic rings. The second kappa shape index (κ2) is 33.9. The average molecular weight is 650 g/mol. The fourth-order valence-electron chi connectivity index (χ4n) is 6.29. The van der Waals surface area contributed by atoms with E-state index < -0.39 is 0 Å². The van der Waals surface area contributed by atoms with Crippen LogP contribution < -0.4 is 24.0 Å². The molecule has 0 aliphatic heterocycles. The van der Waals surface area contributed by atoms with Gasteiger partial charge in [-0.05, 0) is 51.4 Å². The molecule has 0 fully saturated rings. The molecule has 0 saturated carbocycles. The van der Waals surface area contributed by atoms with E-state index in [4.69, 9.17) is 0 Å². The first kappa shape index (κ1) is 40.8. The van der Waals surface area contributed by atoms with Crippen molar-refractivity contribution in [2.75, 3.05) is 26.2 Å². The lowest BCUT2D eigenvalue weighted by molar-refractivity contribution is -0.929. The molecule has 232 valence electrons.